The van der Waals surface area contributed by atoms with E-state index < -0.39 is 18.0 Å². The molecule has 3 heterocycles. The van der Waals surface area contributed by atoms with Crippen LogP contribution in [0.15, 0.2) is 24.3 Å². The molecule has 3 rings (SSSR count). The summed E-state index contributed by atoms with van der Waals surface area (Å²) in [6.07, 6.45) is 19.1. The zero-order chi connectivity index (χ0) is 22.8. The van der Waals surface area contributed by atoms with Crippen LogP contribution in [0.1, 0.15) is 96.8 Å². The van der Waals surface area contributed by atoms with Crippen LogP contribution in [0.2, 0.25) is 0 Å². The number of rotatable bonds is 13. The first-order valence-corrected chi connectivity index (χ1v) is 12.8. The van der Waals surface area contributed by atoms with Crippen molar-refractivity contribution in [2.75, 3.05) is 0 Å². The standard InChI is InChI=1S/C26H42O6/c1-2-3-4-5-6-7-8-9-10-11-12-13-20(27)16-22-17-21(28)18-26(31-22)19-24-23(32-26)14-15-25(29)30-24/h3-4,14-15,20-24,27-28H,2,5-13,16-19H2,1H3/t20-,21-,22-,23-,24-,26+/m0/s1. The Morgan fingerprint density at radius 2 is 1.84 bits per heavy atom. The highest BCUT2D eigenvalue weighted by Crippen LogP contribution is 2.43. The van der Waals surface area contributed by atoms with Crippen molar-refractivity contribution in [1.29, 1.82) is 0 Å². The molecule has 3 aliphatic heterocycles. The molecule has 0 radical (unpaired) electrons. The van der Waals surface area contributed by atoms with E-state index in [1.807, 2.05) is 0 Å². The predicted molar refractivity (Wildman–Crippen MR) is 123 cm³/mol. The van der Waals surface area contributed by atoms with Crippen LogP contribution in [0.4, 0.5) is 0 Å². The third-order valence-corrected chi connectivity index (χ3v) is 6.73. The molecule has 6 nitrogen and oxygen atoms in total. The minimum Gasteiger partial charge on any atom is -0.456 e. The molecule has 0 aromatic rings. The van der Waals surface area contributed by atoms with Gasteiger partial charge in [-0.3, -0.25) is 0 Å². The fraction of sp³-hybridized carbons (Fsp3) is 0.808. The van der Waals surface area contributed by atoms with Gasteiger partial charge in [0, 0.05) is 18.9 Å². The van der Waals surface area contributed by atoms with Gasteiger partial charge in [-0.1, -0.05) is 57.6 Å². The SMILES string of the molecule is CCC=CCCCCCCCCC[C@H](O)C[C@H]1C[C@H](O)C[C@@]2(C[C@@H]3OC(=O)C=C[C@@H]3O2)O1. The molecule has 2 saturated heterocycles. The zero-order valence-electron chi connectivity index (χ0n) is 19.6. The Labute approximate surface area is 193 Å². The quantitative estimate of drug-likeness (QED) is 0.240. The molecule has 0 aliphatic carbocycles. The third kappa shape index (κ3) is 7.98. The average Bonchev–Trinajstić information content (AvgIpc) is 3.07. The first-order chi connectivity index (χ1) is 15.5. The van der Waals surface area contributed by atoms with Crippen LogP contribution in [-0.4, -0.2) is 52.5 Å². The number of carbonyl (C=O) groups is 1. The van der Waals surface area contributed by atoms with Crippen molar-refractivity contribution in [2.45, 2.75) is 133 Å². The molecule has 1 spiro atoms. The first kappa shape index (κ1) is 25.4. The van der Waals surface area contributed by atoms with E-state index in [1.54, 1.807) is 6.08 Å². The minimum atomic E-state index is -0.932. The number of ether oxygens (including phenoxy) is 3. The summed E-state index contributed by atoms with van der Waals surface area (Å²) in [7, 11) is 0. The predicted octanol–water partition coefficient (Wildman–Crippen LogP) is 4.72. The highest BCUT2D eigenvalue weighted by molar-refractivity contribution is 5.83. The minimum absolute atomic E-state index is 0.254. The van der Waals surface area contributed by atoms with Crippen LogP contribution < -0.4 is 0 Å². The summed E-state index contributed by atoms with van der Waals surface area (Å²) >= 11 is 0. The Morgan fingerprint density at radius 1 is 1.09 bits per heavy atom. The van der Waals surface area contributed by atoms with Gasteiger partial charge in [-0.2, -0.15) is 0 Å². The number of aliphatic hydroxyl groups is 2. The maximum Gasteiger partial charge on any atom is 0.330 e. The van der Waals surface area contributed by atoms with E-state index in [-0.39, 0.29) is 24.3 Å². The van der Waals surface area contributed by atoms with Crippen LogP contribution in [0.3, 0.4) is 0 Å². The second-order valence-electron chi connectivity index (χ2n) is 9.69. The summed E-state index contributed by atoms with van der Waals surface area (Å²) in [6.45, 7) is 2.17. The second-order valence-corrected chi connectivity index (χ2v) is 9.69. The van der Waals surface area contributed by atoms with Crippen molar-refractivity contribution in [2.24, 2.45) is 0 Å². The lowest BCUT2D eigenvalue weighted by atomic mass is 9.92. The molecule has 2 N–H and O–H groups in total. The molecule has 0 unspecified atom stereocenters. The summed E-state index contributed by atoms with van der Waals surface area (Å²) in [5.41, 5.74) is 0. The third-order valence-electron chi connectivity index (χ3n) is 6.73. The molecule has 6 atom stereocenters. The summed E-state index contributed by atoms with van der Waals surface area (Å²) in [4.78, 5) is 11.5. The number of unbranched alkanes of at least 4 members (excludes halogenated alkanes) is 7. The number of esters is 1. The van der Waals surface area contributed by atoms with Gasteiger partial charge in [0.05, 0.1) is 18.3 Å². The average molecular weight is 451 g/mol. The van der Waals surface area contributed by atoms with Gasteiger partial charge in [-0.25, -0.2) is 4.79 Å². The molecule has 0 saturated carbocycles. The van der Waals surface area contributed by atoms with Crippen LogP contribution in [0.5, 0.6) is 0 Å². The maximum absolute atomic E-state index is 11.5. The van der Waals surface area contributed by atoms with Crippen molar-refractivity contribution in [3.63, 3.8) is 0 Å². The fourth-order valence-corrected chi connectivity index (χ4v) is 5.16. The van der Waals surface area contributed by atoms with Crippen LogP contribution >= 0.6 is 0 Å². The molecule has 6 heteroatoms. The largest absolute Gasteiger partial charge is 0.456 e. The van der Waals surface area contributed by atoms with Crippen LogP contribution in [0, 0.1) is 0 Å². The molecular formula is C26H42O6. The van der Waals surface area contributed by atoms with Gasteiger partial charge in [-0.15, -0.1) is 0 Å². The molecule has 0 amide bonds. The molecule has 32 heavy (non-hydrogen) atoms. The number of allylic oxidation sites excluding steroid dienone is 2. The van der Waals surface area contributed by atoms with Gasteiger partial charge < -0.3 is 24.4 Å². The van der Waals surface area contributed by atoms with E-state index in [9.17, 15) is 15.0 Å². The van der Waals surface area contributed by atoms with E-state index in [0.717, 1.165) is 25.7 Å². The molecule has 0 bridgehead atoms. The van der Waals surface area contributed by atoms with Crippen molar-refractivity contribution < 1.29 is 29.2 Å². The van der Waals surface area contributed by atoms with Crippen molar-refractivity contribution in [3.05, 3.63) is 24.3 Å². The van der Waals surface area contributed by atoms with E-state index in [4.69, 9.17) is 14.2 Å². The maximum atomic E-state index is 11.5. The lowest BCUT2D eigenvalue weighted by molar-refractivity contribution is -0.285. The van der Waals surface area contributed by atoms with Crippen molar-refractivity contribution in [1.82, 2.24) is 0 Å². The smallest absolute Gasteiger partial charge is 0.330 e. The number of aliphatic hydroxyl groups excluding tert-OH is 2. The molecule has 182 valence electrons. The summed E-state index contributed by atoms with van der Waals surface area (Å²) < 4.78 is 17.7. The molecule has 0 aromatic carbocycles. The van der Waals surface area contributed by atoms with E-state index >= 15 is 0 Å². The second kappa shape index (κ2) is 12.9. The Bertz CT molecular complexity index is 632. The van der Waals surface area contributed by atoms with E-state index in [1.165, 1.54) is 44.6 Å². The van der Waals surface area contributed by atoms with Gasteiger partial charge >= 0.3 is 5.97 Å². The number of carbonyl (C=O) groups excluding carboxylic acids is 1. The molecule has 2 fully saturated rings. The monoisotopic (exact) mass is 450 g/mol. The number of hydrogen-bond acceptors (Lipinski definition) is 6. The Balaban J connectivity index is 1.29. The van der Waals surface area contributed by atoms with Gasteiger partial charge in [0.15, 0.2) is 5.79 Å². The van der Waals surface area contributed by atoms with Gasteiger partial charge in [-0.05, 0) is 44.6 Å². The lowest BCUT2D eigenvalue weighted by Crippen LogP contribution is -2.47. The van der Waals surface area contributed by atoms with Crippen molar-refractivity contribution in [3.8, 4) is 0 Å². The van der Waals surface area contributed by atoms with Gasteiger partial charge in [0.25, 0.3) is 0 Å². The zero-order valence-corrected chi connectivity index (χ0v) is 19.6. The van der Waals surface area contributed by atoms with Crippen LogP contribution in [0.25, 0.3) is 0 Å². The highest BCUT2D eigenvalue weighted by atomic mass is 16.7. The van der Waals surface area contributed by atoms with Crippen LogP contribution in [-0.2, 0) is 19.0 Å². The molecule has 3 aliphatic rings. The normalized spacial score (nSPS) is 33.0. The van der Waals surface area contributed by atoms with E-state index in [2.05, 4.69) is 19.1 Å². The van der Waals surface area contributed by atoms with Crippen molar-refractivity contribution >= 4 is 5.97 Å². The summed E-state index contributed by atoms with van der Waals surface area (Å²) in [5, 5.41) is 20.9. The van der Waals surface area contributed by atoms with E-state index in [0.29, 0.717) is 25.7 Å². The van der Waals surface area contributed by atoms with Gasteiger partial charge in [0.1, 0.15) is 12.2 Å². The summed E-state index contributed by atoms with van der Waals surface area (Å²) in [5.74, 6) is -1.29. The Hall–Kier alpha value is -1.21. The topological polar surface area (TPSA) is 85.2 Å². The Kier molecular flexibility index (Phi) is 10.2. The number of fused-ring (bicyclic) bond motifs is 1. The fourth-order valence-electron chi connectivity index (χ4n) is 5.16. The molecular weight excluding hydrogens is 408 g/mol. The van der Waals surface area contributed by atoms with Gasteiger partial charge in [0.2, 0.25) is 0 Å². The molecule has 0 aromatic heterocycles. The Morgan fingerprint density at radius 3 is 2.62 bits per heavy atom. The number of hydrogen-bond donors (Lipinski definition) is 2. The lowest BCUT2D eigenvalue weighted by Gasteiger charge is -2.40. The highest BCUT2D eigenvalue weighted by Gasteiger charge is 2.53. The summed E-state index contributed by atoms with van der Waals surface area (Å²) in [6, 6.07) is 0. The first-order valence-electron chi connectivity index (χ1n) is 12.8.